The van der Waals surface area contributed by atoms with Crippen molar-refractivity contribution in [1.29, 1.82) is 0 Å². The smallest absolute Gasteiger partial charge is 0.354 e. The van der Waals surface area contributed by atoms with E-state index in [9.17, 15) is 19.5 Å². The Hall–Kier alpha value is -0.970. The zero-order chi connectivity index (χ0) is 14.3. The van der Waals surface area contributed by atoms with Gasteiger partial charge in [0.05, 0.1) is 38.5 Å². The molecule has 3 atom stereocenters. The van der Waals surface area contributed by atoms with Gasteiger partial charge in [0, 0.05) is 0 Å². The molecular formula is C8H14N2O6S2. The lowest BCUT2D eigenvalue weighted by Gasteiger charge is -2.12. The van der Waals surface area contributed by atoms with Crippen LogP contribution in [0.4, 0.5) is 0 Å². The summed E-state index contributed by atoms with van der Waals surface area (Å²) < 4.78 is 0. The van der Waals surface area contributed by atoms with Gasteiger partial charge in [-0.25, -0.2) is 4.79 Å². The Morgan fingerprint density at radius 1 is 1.22 bits per heavy atom. The molecule has 0 saturated heterocycles. The van der Waals surface area contributed by atoms with Crippen molar-refractivity contribution < 1.29 is 29.7 Å². The lowest BCUT2D eigenvalue weighted by Crippen LogP contribution is -2.44. The van der Waals surface area contributed by atoms with Gasteiger partial charge >= 0.3 is 11.9 Å². The first-order chi connectivity index (χ1) is 8.23. The van der Waals surface area contributed by atoms with E-state index in [2.05, 4.69) is 0 Å². The Kier molecular flexibility index (Phi) is 7.75. The van der Waals surface area contributed by atoms with E-state index in [1.807, 2.05) is 0 Å². The van der Waals surface area contributed by atoms with E-state index in [4.69, 9.17) is 21.7 Å². The summed E-state index contributed by atoms with van der Waals surface area (Å²) in [7, 11) is 0.0876. The Morgan fingerprint density at radius 3 is 2.17 bits per heavy atom. The summed E-state index contributed by atoms with van der Waals surface area (Å²) in [6, 6.07) is -2.40. The lowest BCUT2D eigenvalue weighted by molar-refractivity contribution is -0.306. The highest BCUT2D eigenvalue weighted by Gasteiger charge is 2.31. The van der Waals surface area contributed by atoms with Gasteiger partial charge in [-0.15, -0.1) is 0 Å². The Bertz CT molecular complexity index is 327. The molecule has 0 bridgehead atoms. The predicted molar refractivity (Wildman–Crippen MR) is 65.8 cm³/mol. The van der Waals surface area contributed by atoms with E-state index in [-0.39, 0.29) is 17.3 Å². The molecule has 0 saturated carbocycles. The van der Waals surface area contributed by atoms with Crippen LogP contribution in [0.1, 0.15) is 0 Å². The van der Waals surface area contributed by atoms with Crippen molar-refractivity contribution in [3.8, 4) is 0 Å². The molecule has 8 nitrogen and oxygen atoms in total. The molecular weight excluding hydrogens is 284 g/mol. The molecule has 0 heterocycles. The fraction of sp³-hybridized carbons (Fsp3) is 0.625. The molecule has 6 N–H and O–H groups in total. The Morgan fingerprint density at radius 2 is 1.78 bits per heavy atom. The van der Waals surface area contributed by atoms with Crippen LogP contribution < -0.4 is 16.6 Å². The SMILES string of the molecule is N[C@@H](CS[S+](CC(=O)O)C[C@H](N)C(=O)O)C(=O)[O-]. The lowest BCUT2D eigenvalue weighted by atomic mass is 10.4. The average Bonchev–Trinajstić information content (AvgIpc) is 2.24. The number of carbonyl (C=O) groups is 3. The van der Waals surface area contributed by atoms with Gasteiger partial charge < -0.3 is 31.6 Å². The molecule has 0 aromatic carbocycles. The van der Waals surface area contributed by atoms with Crippen molar-refractivity contribution in [1.82, 2.24) is 0 Å². The van der Waals surface area contributed by atoms with Crippen LogP contribution in [0.5, 0.6) is 0 Å². The molecule has 10 heteroatoms. The highest BCUT2D eigenvalue weighted by Crippen LogP contribution is 2.18. The molecule has 0 radical (unpaired) electrons. The summed E-state index contributed by atoms with van der Waals surface area (Å²) in [6.07, 6.45) is 0. The second kappa shape index (κ2) is 8.19. The number of carboxylic acids is 3. The quantitative estimate of drug-likeness (QED) is 0.253. The first-order valence-corrected chi connectivity index (χ1v) is 7.78. The molecule has 0 rings (SSSR count). The predicted octanol–water partition coefficient (Wildman–Crippen LogP) is -3.17. The first kappa shape index (κ1) is 17.0. The molecule has 0 aromatic rings. The summed E-state index contributed by atoms with van der Waals surface area (Å²) in [5.41, 5.74) is 10.5. The zero-order valence-corrected chi connectivity index (χ0v) is 10.9. The number of hydrogen-bond donors (Lipinski definition) is 4. The van der Waals surface area contributed by atoms with Crippen molar-refractivity contribution >= 4 is 38.6 Å². The highest BCUT2D eigenvalue weighted by atomic mass is 33.1. The average molecular weight is 298 g/mol. The fourth-order valence-electron chi connectivity index (χ4n) is 0.796. The molecule has 1 unspecified atom stereocenters. The van der Waals surface area contributed by atoms with Gasteiger partial charge in [0.25, 0.3) is 0 Å². The largest absolute Gasteiger partial charge is 0.548 e. The maximum absolute atomic E-state index is 10.6. The summed E-state index contributed by atoms with van der Waals surface area (Å²) in [6.45, 7) is 0. The molecule has 0 aliphatic rings. The van der Waals surface area contributed by atoms with Crippen LogP contribution >= 0.6 is 10.8 Å². The van der Waals surface area contributed by atoms with Gasteiger partial charge in [-0.2, -0.15) is 0 Å². The van der Waals surface area contributed by atoms with Crippen molar-refractivity contribution in [2.45, 2.75) is 12.1 Å². The summed E-state index contributed by atoms with van der Waals surface area (Å²) in [5.74, 6) is -4.17. The molecule has 0 amide bonds. The topological polar surface area (TPSA) is 167 Å². The molecule has 0 aromatic heterocycles. The summed E-state index contributed by atoms with van der Waals surface area (Å²) >= 11 is 0. The van der Waals surface area contributed by atoms with Crippen LogP contribution in [0, 0.1) is 0 Å². The third-order valence-corrected chi connectivity index (χ3v) is 5.98. The van der Waals surface area contributed by atoms with Gasteiger partial charge in [-0.1, -0.05) is 0 Å². The third-order valence-electron chi connectivity index (χ3n) is 1.68. The van der Waals surface area contributed by atoms with Gasteiger partial charge in [0.1, 0.15) is 11.8 Å². The third kappa shape index (κ3) is 7.37. The Labute approximate surface area is 109 Å². The number of carboxylic acid groups (broad SMARTS) is 3. The fourth-order valence-corrected chi connectivity index (χ4v) is 4.68. The highest BCUT2D eigenvalue weighted by molar-refractivity contribution is 8.74. The van der Waals surface area contributed by atoms with Gasteiger partial charge in [-0.05, 0) is 0 Å². The maximum atomic E-state index is 10.6. The van der Waals surface area contributed by atoms with Crippen LogP contribution in [-0.2, 0) is 24.3 Å². The van der Waals surface area contributed by atoms with E-state index in [1.54, 1.807) is 0 Å². The number of carbonyl (C=O) groups excluding carboxylic acids is 1. The number of nitrogens with two attached hydrogens (primary N) is 2. The molecule has 18 heavy (non-hydrogen) atoms. The maximum Gasteiger partial charge on any atom is 0.354 e. The normalized spacial score (nSPS) is 15.7. The van der Waals surface area contributed by atoms with Gasteiger partial charge in [0.2, 0.25) is 5.75 Å². The van der Waals surface area contributed by atoms with Crippen molar-refractivity contribution in [3.05, 3.63) is 0 Å². The second-order valence-electron chi connectivity index (χ2n) is 3.30. The standard InChI is InChI=1S/C8H14N2O6S2/c9-4(7(13)14)1-17-18(3-6(11)12)2-5(10)8(15)16/h4-5H,1-3,9-10H2,(H2-,11,12,13,14,15,16)/t4-,5-,18?/m0/s1. The minimum atomic E-state index is -1.44. The minimum Gasteiger partial charge on any atom is -0.548 e. The second-order valence-corrected chi connectivity index (χ2v) is 7.49. The van der Waals surface area contributed by atoms with E-state index < -0.39 is 39.9 Å². The summed E-state index contributed by atoms with van der Waals surface area (Å²) in [5, 5.41) is 27.7. The van der Waals surface area contributed by atoms with Crippen LogP contribution in [0.25, 0.3) is 0 Å². The number of hydrogen-bond acceptors (Lipinski definition) is 7. The molecule has 0 spiro atoms. The van der Waals surface area contributed by atoms with Crippen molar-refractivity contribution in [3.63, 3.8) is 0 Å². The van der Waals surface area contributed by atoms with E-state index in [0.29, 0.717) is 0 Å². The van der Waals surface area contributed by atoms with E-state index in [0.717, 1.165) is 10.8 Å². The summed E-state index contributed by atoms with van der Waals surface area (Å²) in [4.78, 5) is 31.5. The van der Waals surface area contributed by atoms with E-state index >= 15 is 0 Å². The molecule has 0 aliphatic heterocycles. The van der Waals surface area contributed by atoms with Crippen LogP contribution in [0.15, 0.2) is 0 Å². The number of rotatable bonds is 9. The monoisotopic (exact) mass is 298 g/mol. The van der Waals surface area contributed by atoms with Crippen molar-refractivity contribution in [2.75, 3.05) is 17.3 Å². The van der Waals surface area contributed by atoms with Gasteiger partial charge in [-0.3, -0.25) is 4.79 Å². The first-order valence-electron chi connectivity index (χ1n) is 4.71. The van der Waals surface area contributed by atoms with Crippen LogP contribution in [-0.4, -0.2) is 57.5 Å². The van der Waals surface area contributed by atoms with Gasteiger partial charge in [0.15, 0.2) is 0 Å². The minimum absolute atomic E-state index is 0.0495. The zero-order valence-electron chi connectivity index (χ0n) is 9.27. The van der Waals surface area contributed by atoms with Crippen LogP contribution in [0.3, 0.4) is 0 Å². The van der Waals surface area contributed by atoms with E-state index in [1.165, 1.54) is 0 Å². The Balaban J connectivity index is 4.35. The molecule has 104 valence electrons. The van der Waals surface area contributed by atoms with Crippen molar-refractivity contribution in [2.24, 2.45) is 11.5 Å². The molecule has 0 aliphatic carbocycles. The number of aliphatic carboxylic acids is 3. The van der Waals surface area contributed by atoms with Crippen LogP contribution in [0.2, 0.25) is 0 Å². The molecule has 0 fully saturated rings.